The molecule has 0 unspecified atom stereocenters. The first-order valence-electron chi connectivity index (χ1n) is 5.85. The van der Waals surface area contributed by atoms with E-state index in [0.717, 1.165) is 17.5 Å². The lowest BCUT2D eigenvalue weighted by Crippen LogP contribution is -2.16. The van der Waals surface area contributed by atoms with Gasteiger partial charge in [-0.25, -0.2) is 8.42 Å². The maximum atomic E-state index is 11.8. The average molecular weight is 287 g/mol. The molecule has 0 aromatic heterocycles. The number of halogens is 1. The van der Waals surface area contributed by atoms with Crippen LogP contribution in [0.1, 0.15) is 30.9 Å². The second kappa shape index (κ2) is 5.28. The lowest BCUT2D eigenvalue weighted by molar-refractivity contribution is 0.598. The fourth-order valence-corrected chi connectivity index (χ4v) is 3.27. The van der Waals surface area contributed by atoms with Gasteiger partial charge in [0, 0.05) is 11.3 Å². The highest BCUT2D eigenvalue weighted by atomic mass is 35.5. The molecule has 0 spiro atoms. The lowest BCUT2D eigenvalue weighted by Gasteiger charge is -2.09. The van der Waals surface area contributed by atoms with Gasteiger partial charge in [-0.05, 0) is 24.1 Å². The van der Waals surface area contributed by atoms with Crippen LogP contribution in [0.4, 0.5) is 5.69 Å². The number of aliphatic imine (C=N–C) groups is 1. The van der Waals surface area contributed by atoms with E-state index in [1.165, 1.54) is 0 Å². The maximum Gasteiger partial charge on any atom is 0.232 e. The predicted octanol–water partition coefficient (Wildman–Crippen LogP) is 2.73. The molecule has 1 aromatic carbocycles. The molecule has 1 aliphatic heterocycles. The molecule has 18 heavy (non-hydrogen) atoms. The summed E-state index contributed by atoms with van der Waals surface area (Å²) in [5.41, 5.74) is 2.38. The molecule has 0 amide bonds. The highest BCUT2D eigenvalue weighted by Gasteiger charge is 2.16. The van der Waals surface area contributed by atoms with Crippen molar-refractivity contribution in [1.82, 2.24) is 0 Å². The minimum Gasteiger partial charge on any atom is -0.284 e. The van der Waals surface area contributed by atoms with Crippen molar-refractivity contribution >= 4 is 32.5 Å². The van der Waals surface area contributed by atoms with Gasteiger partial charge in [0.1, 0.15) is 5.17 Å². The highest BCUT2D eigenvalue weighted by Crippen LogP contribution is 2.24. The fraction of sp³-hybridized carbons (Fsp3) is 0.417. The first kappa shape index (κ1) is 13.4. The Morgan fingerprint density at radius 1 is 1.44 bits per heavy atom. The number of nitrogens with zero attached hydrogens (tertiary/aromatic N) is 1. The minimum absolute atomic E-state index is 0.141. The van der Waals surface area contributed by atoms with E-state index >= 15 is 0 Å². The average Bonchev–Trinajstić information content (AvgIpc) is 2.68. The standard InChI is InChI=1S/C12H15ClN2O2S/c1-2-3-6-18(16,17)15-10-5-4-9-8-14-12(13)11(9)7-10/h4-5,7,15H,2-3,6,8H2,1H3. The summed E-state index contributed by atoms with van der Waals surface area (Å²) >= 11 is 5.94. The zero-order valence-corrected chi connectivity index (χ0v) is 11.7. The Morgan fingerprint density at radius 3 is 2.94 bits per heavy atom. The van der Waals surface area contributed by atoms with Gasteiger partial charge in [0.2, 0.25) is 10.0 Å². The molecule has 0 fully saturated rings. The number of hydrogen-bond donors (Lipinski definition) is 1. The van der Waals surface area contributed by atoms with Crippen molar-refractivity contribution in [3.8, 4) is 0 Å². The van der Waals surface area contributed by atoms with Crippen LogP contribution in [-0.4, -0.2) is 19.3 Å². The smallest absolute Gasteiger partial charge is 0.232 e. The molecule has 0 saturated carbocycles. The van der Waals surface area contributed by atoms with Crippen LogP contribution in [0.25, 0.3) is 0 Å². The fourth-order valence-electron chi connectivity index (χ4n) is 1.77. The zero-order valence-electron chi connectivity index (χ0n) is 10.1. The van der Waals surface area contributed by atoms with Crippen molar-refractivity contribution in [3.05, 3.63) is 29.3 Å². The van der Waals surface area contributed by atoms with Crippen molar-refractivity contribution in [2.45, 2.75) is 26.3 Å². The second-order valence-electron chi connectivity index (χ2n) is 4.25. The Bertz CT molecular complexity index is 582. The van der Waals surface area contributed by atoms with Crippen LogP contribution in [0.5, 0.6) is 0 Å². The SMILES string of the molecule is CCCCS(=O)(=O)Nc1ccc2c(c1)C(Cl)=NC2. The molecule has 4 nitrogen and oxygen atoms in total. The molecule has 0 aliphatic carbocycles. The van der Waals surface area contributed by atoms with E-state index in [-0.39, 0.29) is 5.75 Å². The number of nitrogens with one attached hydrogen (secondary N) is 1. The van der Waals surface area contributed by atoms with E-state index in [0.29, 0.717) is 23.8 Å². The Balaban J connectivity index is 2.16. The Kier molecular flexibility index (Phi) is 3.92. The zero-order chi connectivity index (χ0) is 13.2. The van der Waals surface area contributed by atoms with E-state index in [1.807, 2.05) is 13.0 Å². The summed E-state index contributed by atoms with van der Waals surface area (Å²) in [6.45, 7) is 2.53. The number of benzene rings is 1. The van der Waals surface area contributed by atoms with Crippen molar-refractivity contribution in [3.63, 3.8) is 0 Å². The summed E-state index contributed by atoms with van der Waals surface area (Å²) in [5.74, 6) is 0.141. The molecule has 98 valence electrons. The summed E-state index contributed by atoms with van der Waals surface area (Å²) < 4.78 is 26.1. The van der Waals surface area contributed by atoms with Gasteiger partial charge >= 0.3 is 0 Å². The van der Waals surface area contributed by atoms with Crippen LogP contribution >= 0.6 is 11.6 Å². The Labute approximate surface area is 112 Å². The van der Waals surface area contributed by atoms with Gasteiger partial charge in [-0.1, -0.05) is 31.0 Å². The van der Waals surface area contributed by atoms with E-state index in [1.54, 1.807) is 12.1 Å². The van der Waals surface area contributed by atoms with Gasteiger partial charge in [-0.15, -0.1) is 0 Å². The van der Waals surface area contributed by atoms with Gasteiger partial charge in [0.25, 0.3) is 0 Å². The molecular formula is C12H15ClN2O2S. The highest BCUT2D eigenvalue weighted by molar-refractivity contribution is 7.92. The van der Waals surface area contributed by atoms with E-state index in [9.17, 15) is 8.42 Å². The quantitative estimate of drug-likeness (QED) is 0.905. The van der Waals surface area contributed by atoms with Gasteiger partial charge < -0.3 is 0 Å². The Morgan fingerprint density at radius 2 is 2.22 bits per heavy atom. The number of unbranched alkanes of at least 4 members (excludes halogenated alkanes) is 1. The van der Waals surface area contributed by atoms with Crippen LogP contribution < -0.4 is 4.72 Å². The van der Waals surface area contributed by atoms with Crippen molar-refractivity contribution in [1.29, 1.82) is 0 Å². The van der Waals surface area contributed by atoms with Crippen LogP contribution in [0.2, 0.25) is 0 Å². The number of rotatable bonds is 5. The summed E-state index contributed by atoms with van der Waals surface area (Å²) in [6.07, 6.45) is 1.51. The predicted molar refractivity (Wildman–Crippen MR) is 74.9 cm³/mol. The molecule has 1 aromatic rings. The molecule has 1 N–H and O–H groups in total. The van der Waals surface area contributed by atoms with Gasteiger partial charge in [0.15, 0.2) is 0 Å². The van der Waals surface area contributed by atoms with E-state index < -0.39 is 10.0 Å². The lowest BCUT2D eigenvalue weighted by atomic mass is 10.1. The summed E-state index contributed by atoms with van der Waals surface area (Å²) in [4.78, 5) is 4.10. The van der Waals surface area contributed by atoms with Gasteiger partial charge in [0.05, 0.1) is 12.3 Å². The first-order chi connectivity index (χ1) is 8.52. The summed E-state index contributed by atoms with van der Waals surface area (Å²) in [5, 5.41) is 0.444. The third-order valence-electron chi connectivity index (χ3n) is 2.76. The number of anilines is 1. The molecule has 2 rings (SSSR count). The van der Waals surface area contributed by atoms with Gasteiger partial charge in [-0.2, -0.15) is 0 Å². The van der Waals surface area contributed by atoms with Crippen LogP contribution in [-0.2, 0) is 16.6 Å². The van der Waals surface area contributed by atoms with Crippen molar-refractivity contribution < 1.29 is 8.42 Å². The monoisotopic (exact) mass is 286 g/mol. The number of sulfonamides is 1. The van der Waals surface area contributed by atoms with Crippen LogP contribution in [0.3, 0.4) is 0 Å². The molecule has 1 aliphatic rings. The first-order valence-corrected chi connectivity index (χ1v) is 7.88. The molecule has 0 atom stereocenters. The molecule has 1 heterocycles. The molecule has 0 saturated heterocycles. The van der Waals surface area contributed by atoms with Crippen molar-refractivity contribution in [2.24, 2.45) is 4.99 Å². The van der Waals surface area contributed by atoms with E-state index in [4.69, 9.17) is 11.6 Å². The topological polar surface area (TPSA) is 58.5 Å². The van der Waals surface area contributed by atoms with Crippen LogP contribution in [0, 0.1) is 0 Å². The third-order valence-corrected chi connectivity index (χ3v) is 4.46. The second-order valence-corrected chi connectivity index (χ2v) is 6.45. The number of hydrogen-bond acceptors (Lipinski definition) is 3. The van der Waals surface area contributed by atoms with Crippen LogP contribution in [0.15, 0.2) is 23.2 Å². The van der Waals surface area contributed by atoms with Crippen molar-refractivity contribution in [2.75, 3.05) is 10.5 Å². The molecular weight excluding hydrogens is 272 g/mol. The molecule has 0 radical (unpaired) electrons. The Hall–Kier alpha value is -1.07. The molecule has 6 heteroatoms. The molecule has 0 bridgehead atoms. The van der Waals surface area contributed by atoms with Gasteiger partial charge in [-0.3, -0.25) is 9.71 Å². The number of fused-ring (bicyclic) bond motifs is 1. The minimum atomic E-state index is -3.26. The van der Waals surface area contributed by atoms with E-state index in [2.05, 4.69) is 9.71 Å². The largest absolute Gasteiger partial charge is 0.284 e. The third kappa shape index (κ3) is 3.03. The summed E-state index contributed by atoms with van der Waals surface area (Å²) in [7, 11) is -3.26. The normalized spacial score (nSPS) is 14.2. The summed E-state index contributed by atoms with van der Waals surface area (Å²) in [6, 6.07) is 5.33. The maximum absolute atomic E-state index is 11.8.